The van der Waals surface area contributed by atoms with Crippen molar-refractivity contribution in [3.05, 3.63) is 48.6 Å². The van der Waals surface area contributed by atoms with Crippen LogP contribution in [0.15, 0.2) is 48.6 Å². The number of esters is 3. The average Bonchev–Trinajstić information content (AvgIpc) is 3.23. The van der Waals surface area contributed by atoms with Gasteiger partial charge in [0.1, 0.15) is 13.2 Å². The zero-order chi connectivity index (χ0) is 43.0. The highest BCUT2D eigenvalue weighted by Gasteiger charge is 2.19. The van der Waals surface area contributed by atoms with Gasteiger partial charge in [0.2, 0.25) is 0 Å². The topological polar surface area (TPSA) is 78.9 Å². The third-order valence-corrected chi connectivity index (χ3v) is 10.8. The first kappa shape index (κ1) is 56.4. The molecule has 342 valence electrons. The minimum atomic E-state index is -0.779. The number of hydrogen-bond acceptors (Lipinski definition) is 6. The van der Waals surface area contributed by atoms with Crippen molar-refractivity contribution in [1.82, 2.24) is 0 Å². The second-order valence-electron chi connectivity index (χ2n) is 16.7. The van der Waals surface area contributed by atoms with Crippen molar-refractivity contribution in [3.63, 3.8) is 0 Å². The Morgan fingerprint density at radius 2 is 0.627 bits per heavy atom. The van der Waals surface area contributed by atoms with Crippen LogP contribution in [0.25, 0.3) is 0 Å². The predicted octanol–water partition coefficient (Wildman–Crippen LogP) is 16.3. The molecule has 0 aliphatic heterocycles. The van der Waals surface area contributed by atoms with Gasteiger partial charge in [-0.05, 0) is 77.0 Å². The summed E-state index contributed by atoms with van der Waals surface area (Å²) in [5.41, 5.74) is 0. The van der Waals surface area contributed by atoms with Crippen LogP contribution in [0.5, 0.6) is 0 Å². The molecular formula is C53H94O6. The van der Waals surface area contributed by atoms with Gasteiger partial charge in [0, 0.05) is 19.3 Å². The van der Waals surface area contributed by atoms with Crippen LogP contribution in [0.1, 0.15) is 252 Å². The molecule has 0 heterocycles. The minimum Gasteiger partial charge on any atom is -0.462 e. The summed E-state index contributed by atoms with van der Waals surface area (Å²) in [7, 11) is 0. The fourth-order valence-corrected chi connectivity index (χ4v) is 6.96. The Bertz CT molecular complexity index is 1040. The maximum absolute atomic E-state index is 12.8. The molecule has 0 bridgehead atoms. The summed E-state index contributed by atoms with van der Waals surface area (Å²) in [5, 5.41) is 0. The SMILES string of the molecule is CCCC/C=C\C/C=C\CCCCCCCC(=O)O[C@@H](COC(=O)CCCCCCCCC/C=C\C/C=C\CCCCC)COC(=O)CCCCCCCCCCCC. The van der Waals surface area contributed by atoms with E-state index in [0.717, 1.165) is 96.3 Å². The van der Waals surface area contributed by atoms with Crippen LogP contribution in [0.3, 0.4) is 0 Å². The highest BCUT2D eigenvalue weighted by molar-refractivity contribution is 5.71. The fourth-order valence-electron chi connectivity index (χ4n) is 6.96. The largest absolute Gasteiger partial charge is 0.462 e. The number of allylic oxidation sites excluding steroid dienone is 8. The Morgan fingerprint density at radius 1 is 0.339 bits per heavy atom. The summed E-state index contributed by atoms with van der Waals surface area (Å²) in [6.45, 7) is 6.55. The molecule has 59 heavy (non-hydrogen) atoms. The van der Waals surface area contributed by atoms with E-state index in [4.69, 9.17) is 14.2 Å². The summed E-state index contributed by atoms with van der Waals surface area (Å²) in [6.07, 6.45) is 56.6. The summed E-state index contributed by atoms with van der Waals surface area (Å²) in [5.74, 6) is -0.899. The van der Waals surface area contributed by atoms with Crippen molar-refractivity contribution < 1.29 is 28.6 Å². The summed E-state index contributed by atoms with van der Waals surface area (Å²) < 4.78 is 16.7. The number of carbonyl (C=O) groups excluding carboxylic acids is 3. The molecule has 0 aromatic rings. The van der Waals surface area contributed by atoms with Crippen LogP contribution < -0.4 is 0 Å². The zero-order valence-electron chi connectivity index (χ0n) is 39.0. The highest BCUT2D eigenvalue weighted by atomic mass is 16.6. The Balaban J connectivity index is 4.37. The van der Waals surface area contributed by atoms with Crippen LogP contribution >= 0.6 is 0 Å². The van der Waals surface area contributed by atoms with E-state index >= 15 is 0 Å². The van der Waals surface area contributed by atoms with Gasteiger partial charge in [-0.15, -0.1) is 0 Å². The number of hydrogen-bond donors (Lipinski definition) is 0. The molecule has 6 nitrogen and oxygen atoms in total. The van der Waals surface area contributed by atoms with Gasteiger partial charge in [-0.3, -0.25) is 14.4 Å². The lowest BCUT2D eigenvalue weighted by molar-refractivity contribution is -0.167. The van der Waals surface area contributed by atoms with Gasteiger partial charge >= 0.3 is 17.9 Å². The Hall–Kier alpha value is -2.63. The Labute approximate surface area is 365 Å². The van der Waals surface area contributed by atoms with Crippen LogP contribution in [0, 0.1) is 0 Å². The molecule has 0 amide bonds. The molecule has 0 unspecified atom stereocenters. The molecule has 0 aliphatic carbocycles. The van der Waals surface area contributed by atoms with E-state index in [-0.39, 0.29) is 31.1 Å². The second kappa shape index (κ2) is 48.0. The van der Waals surface area contributed by atoms with Crippen molar-refractivity contribution in [2.45, 2.75) is 258 Å². The first-order chi connectivity index (χ1) is 29.0. The zero-order valence-corrected chi connectivity index (χ0v) is 39.0. The van der Waals surface area contributed by atoms with E-state index in [1.165, 1.54) is 116 Å². The second-order valence-corrected chi connectivity index (χ2v) is 16.7. The summed E-state index contributed by atoms with van der Waals surface area (Å²) >= 11 is 0. The molecule has 0 fully saturated rings. The monoisotopic (exact) mass is 827 g/mol. The Kier molecular flexibility index (Phi) is 45.9. The first-order valence-corrected chi connectivity index (χ1v) is 25.1. The molecule has 0 N–H and O–H groups in total. The molecular weight excluding hydrogens is 733 g/mol. The van der Waals surface area contributed by atoms with Gasteiger partial charge in [0.05, 0.1) is 0 Å². The highest BCUT2D eigenvalue weighted by Crippen LogP contribution is 2.14. The molecule has 0 spiro atoms. The standard InChI is InChI=1S/C53H94O6/c1-4-7-10-13-16-19-22-24-26-27-28-30-31-34-37-40-43-46-52(55)58-49-50(48-57-51(54)45-42-39-36-33-21-18-15-12-9-6-3)59-53(56)47-44-41-38-35-32-29-25-23-20-17-14-11-8-5-2/h14,16-17,19,23-26,50H,4-13,15,18,20-22,27-49H2,1-3H3/b17-14-,19-16-,25-23-,26-24-/t50-/m1/s1. The predicted molar refractivity (Wildman–Crippen MR) is 252 cm³/mol. The van der Waals surface area contributed by atoms with Gasteiger partial charge in [0.25, 0.3) is 0 Å². The van der Waals surface area contributed by atoms with Crippen LogP contribution in [0.4, 0.5) is 0 Å². The van der Waals surface area contributed by atoms with Gasteiger partial charge in [-0.1, -0.05) is 204 Å². The third-order valence-electron chi connectivity index (χ3n) is 10.8. The molecule has 0 rings (SSSR count). The van der Waals surface area contributed by atoms with E-state index < -0.39 is 6.10 Å². The van der Waals surface area contributed by atoms with Crippen molar-refractivity contribution in [2.24, 2.45) is 0 Å². The van der Waals surface area contributed by atoms with Crippen LogP contribution in [0.2, 0.25) is 0 Å². The molecule has 0 saturated heterocycles. The first-order valence-electron chi connectivity index (χ1n) is 25.1. The lowest BCUT2D eigenvalue weighted by atomic mass is 10.1. The molecule has 1 atom stereocenters. The molecule has 0 saturated carbocycles. The lowest BCUT2D eigenvalue weighted by Gasteiger charge is -2.18. The number of ether oxygens (including phenoxy) is 3. The van der Waals surface area contributed by atoms with Crippen molar-refractivity contribution in [1.29, 1.82) is 0 Å². The summed E-state index contributed by atoms with van der Waals surface area (Å²) in [6, 6.07) is 0. The number of unbranched alkanes of at least 4 members (excludes halogenated alkanes) is 26. The third kappa shape index (κ3) is 46.3. The normalized spacial score (nSPS) is 12.4. The van der Waals surface area contributed by atoms with Gasteiger partial charge in [-0.2, -0.15) is 0 Å². The quantitative estimate of drug-likeness (QED) is 0.0263. The van der Waals surface area contributed by atoms with Crippen molar-refractivity contribution >= 4 is 17.9 Å². The van der Waals surface area contributed by atoms with Crippen LogP contribution in [-0.4, -0.2) is 37.2 Å². The van der Waals surface area contributed by atoms with E-state index in [1.54, 1.807) is 0 Å². The molecule has 0 aromatic heterocycles. The van der Waals surface area contributed by atoms with Crippen LogP contribution in [-0.2, 0) is 28.6 Å². The maximum atomic E-state index is 12.8. The molecule has 6 heteroatoms. The van der Waals surface area contributed by atoms with Gasteiger partial charge in [-0.25, -0.2) is 0 Å². The van der Waals surface area contributed by atoms with Crippen molar-refractivity contribution in [3.8, 4) is 0 Å². The fraction of sp³-hybridized carbons (Fsp3) is 0.792. The van der Waals surface area contributed by atoms with Gasteiger partial charge in [0.15, 0.2) is 6.10 Å². The lowest BCUT2D eigenvalue weighted by Crippen LogP contribution is -2.30. The number of carbonyl (C=O) groups is 3. The smallest absolute Gasteiger partial charge is 0.306 e. The van der Waals surface area contributed by atoms with E-state index in [1.807, 2.05) is 0 Å². The molecule has 0 radical (unpaired) electrons. The summed E-state index contributed by atoms with van der Waals surface area (Å²) in [4.78, 5) is 37.9. The average molecular weight is 827 g/mol. The maximum Gasteiger partial charge on any atom is 0.306 e. The van der Waals surface area contributed by atoms with Gasteiger partial charge < -0.3 is 14.2 Å². The minimum absolute atomic E-state index is 0.0797. The van der Waals surface area contributed by atoms with E-state index in [0.29, 0.717) is 19.3 Å². The Morgan fingerprint density at radius 3 is 1.02 bits per heavy atom. The van der Waals surface area contributed by atoms with E-state index in [2.05, 4.69) is 69.4 Å². The van der Waals surface area contributed by atoms with E-state index in [9.17, 15) is 14.4 Å². The number of rotatable bonds is 45. The molecule has 0 aliphatic rings. The van der Waals surface area contributed by atoms with Crippen molar-refractivity contribution in [2.75, 3.05) is 13.2 Å². The molecule has 0 aromatic carbocycles.